The Hall–Kier alpha value is -2.77. The lowest BCUT2D eigenvalue weighted by Gasteiger charge is -2.24. The standard InChI is InChI=1S/C15H12F6N4O/c1-13(6-11(24-25-13)15(19,20)21)12(26-2)23-9-4-3-8(7-22)10(5-9)14(16,17)18/h3-5,25H,6H2,1-2H3. The van der Waals surface area contributed by atoms with Crippen LogP contribution in [0.2, 0.25) is 0 Å². The SMILES string of the molecule is COC(=Nc1ccc(C#N)c(C(F)(F)F)c1)C1(C)CC(C(F)(F)F)=NN1. The number of hydrazone groups is 1. The molecule has 1 atom stereocenters. The molecule has 2 rings (SSSR count). The summed E-state index contributed by atoms with van der Waals surface area (Å²) in [6.07, 6.45) is -10.0. The second-order valence-corrected chi connectivity index (χ2v) is 5.64. The number of alkyl halides is 6. The van der Waals surface area contributed by atoms with Gasteiger partial charge >= 0.3 is 12.4 Å². The number of rotatable bonds is 2. The van der Waals surface area contributed by atoms with Crippen LogP contribution in [-0.4, -0.2) is 30.4 Å². The maximum Gasteiger partial charge on any atom is 0.431 e. The number of methoxy groups -OCH3 is 1. The van der Waals surface area contributed by atoms with Crippen LogP contribution in [0.5, 0.6) is 0 Å². The highest BCUT2D eigenvalue weighted by molar-refractivity contribution is 6.00. The van der Waals surface area contributed by atoms with Crippen molar-refractivity contribution in [3.05, 3.63) is 29.3 Å². The van der Waals surface area contributed by atoms with Gasteiger partial charge in [0.2, 0.25) is 5.90 Å². The van der Waals surface area contributed by atoms with E-state index in [2.05, 4.69) is 15.5 Å². The average molecular weight is 378 g/mol. The highest BCUT2D eigenvalue weighted by Gasteiger charge is 2.47. The molecule has 1 aliphatic heterocycles. The summed E-state index contributed by atoms with van der Waals surface area (Å²) in [4.78, 5) is 3.88. The number of nitrogens with one attached hydrogen (secondary N) is 1. The van der Waals surface area contributed by atoms with Crippen LogP contribution in [0.1, 0.15) is 24.5 Å². The molecule has 0 aliphatic carbocycles. The quantitative estimate of drug-likeness (QED) is 0.482. The fraction of sp³-hybridized carbons (Fsp3) is 0.400. The number of halogens is 6. The molecule has 1 N–H and O–H groups in total. The summed E-state index contributed by atoms with van der Waals surface area (Å²) >= 11 is 0. The van der Waals surface area contributed by atoms with Crippen LogP contribution in [0.4, 0.5) is 32.0 Å². The molecule has 1 aliphatic rings. The molecule has 0 bridgehead atoms. The van der Waals surface area contributed by atoms with Gasteiger partial charge in [-0.25, -0.2) is 4.99 Å². The number of benzene rings is 1. The number of hydrogen-bond donors (Lipinski definition) is 1. The van der Waals surface area contributed by atoms with E-state index in [-0.39, 0.29) is 11.6 Å². The molecule has 0 radical (unpaired) electrons. The number of hydrogen-bond acceptors (Lipinski definition) is 5. The second kappa shape index (κ2) is 6.51. The van der Waals surface area contributed by atoms with Gasteiger partial charge in [0, 0.05) is 6.42 Å². The number of aliphatic imine (C=N–C) groups is 1. The summed E-state index contributed by atoms with van der Waals surface area (Å²) in [5, 5.41) is 12.0. The van der Waals surface area contributed by atoms with E-state index in [9.17, 15) is 26.3 Å². The summed E-state index contributed by atoms with van der Waals surface area (Å²) in [5.41, 5.74) is -2.32. The van der Waals surface area contributed by atoms with E-state index in [1.807, 2.05) is 0 Å². The van der Waals surface area contributed by atoms with Crippen molar-refractivity contribution in [2.75, 3.05) is 7.11 Å². The lowest BCUT2D eigenvalue weighted by atomic mass is 9.96. The molecule has 0 saturated carbocycles. The first-order valence-corrected chi connectivity index (χ1v) is 7.06. The summed E-state index contributed by atoms with van der Waals surface area (Å²) in [6, 6.07) is 4.12. The zero-order valence-electron chi connectivity index (χ0n) is 13.5. The van der Waals surface area contributed by atoms with Gasteiger partial charge in [0.15, 0.2) is 0 Å². The van der Waals surface area contributed by atoms with Crippen molar-refractivity contribution in [1.82, 2.24) is 5.43 Å². The smallest absolute Gasteiger partial charge is 0.431 e. The maximum atomic E-state index is 13.0. The van der Waals surface area contributed by atoms with Crippen molar-refractivity contribution in [1.29, 1.82) is 5.26 Å². The van der Waals surface area contributed by atoms with Gasteiger partial charge in [0.05, 0.1) is 30.0 Å². The Morgan fingerprint density at radius 1 is 1.27 bits per heavy atom. The van der Waals surface area contributed by atoms with E-state index in [0.717, 1.165) is 19.2 Å². The van der Waals surface area contributed by atoms with E-state index in [1.165, 1.54) is 13.0 Å². The van der Waals surface area contributed by atoms with E-state index in [1.54, 1.807) is 0 Å². The molecule has 11 heteroatoms. The van der Waals surface area contributed by atoms with Crippen molar-refractivity contribution < 1.29 is 31.1 Å². The van der Waals surface area contributed by atoms with Crippen LogP contribution in [-0.2, 0) is 10.9 Å². The van der Waals surface area contributed by atoms with Gasteiger partial charge in [0.1, 0.15) is 11.3 Å². The highest BCUT2D eigenvalue weighted by atomic mass is 19.4. The van der Waals surface area contributed by atoms with Crippen molar-refractivity contribution in [2.24, 2.45) is 10.1 Å². The van der Waals surface area contributed by atoms with Crippen LogP contribution >= 0.6 is 0 Å². The van der Waals surface area contributed by atoms with Crippen LogP contribution in [0.15, 0.2) is 28.3 Å². The third kappa shape index (κ3) is 3.89. The monoisotopic (exact) mass is 378 g/mol. The third-order valence-electron chi connectivity index (χ3n) is 3.61. The van der Waals surface area contributed by atoms with Crippen LogP contribution in [0.25, 0.3) is 0 Å². The molecule has 1 unspecified atom stereocenters. The molecule has 5 nitrogen and oxygen atoms in total. The first kappa shape index (κ1) is 19.6. The largest absolute Gasteiger partial charge is 0.482 e. The first-order chi connectivity index (χ1) is 11.9. The van der Waals surface area contributed by atoms with Crippen molar-refractivity contribution >= 4 is 17.3 Å². The van der Waals surface area contributed by atoms with Crippen LogP contribution in [0, 0.1) is 11.3 Å². The van der Waals surface area contributed by atoms with Gasteiger partial charge in [-0.05, 0) is 25.1 Å². The minimum atomic E-state index is -4.79. The lowest BCUT2D eigenvalue weighted by Crippen LogP contribution is -2.45. The second-order valence-electron chi connectivity index (χ2n) is 5.64. The lowest BCUT2D eigenvalue weighted by molar-refractivity contribution is -0.137. The molecule has 26 heavy (non-hydrogen) atoms. The highest BCUT2D eigenvalue weighted by Crippen LogP contribution is 2.35. The Balaban J connectivity index is 2.40. The fourth-order valence-electron chi connectivity index (χ4n) is 2.34. The predicted octanol–water partition coefficient (Wildman–Crippen LogP) is 3.92. The molecule has 1 aromatic carbocycles. The molecule has 1 heterocycles. The first-order valence-electron chi connectivity index (χ1n) is 7.06. The normalized spacial score (nSPS) is 21.0. The fourth-order valence-corrected chi connectivity index (χ4v) is 2.34. The molecule has 0 amide bonds. The van der Waals surface area contributed by atoms with Crippen LogP contribution in [0.3, 0.4) is 0 Å². The Bertz CT molecular complexity index is 806. The Morgan fingerprint density at radius 2 is 1.92 bits per heavy atom. The van der Waals surface area contributed by atoms with Gasteiger partial charge in [-0.2, -0.15) is 36.7 Å². The summed E-state index contributed by atoms with van der Waals surface area (Å²) in [7, 11) is 1.13. The molecule has 0 spiro atoms. The third-order valence-corrected chi connectivity index (χ3v) is 3.61. The molecular formula is C15H12F6N4O. The molecule has 1 aromatic rings. The molecule has 0 fully saturated rings. The topological polar surface area (TPSA) is 69.8 Å². The van der Waals surface area contributed by atoms with Gasteiger partial charge in [-0.1, -0.05) is 0 Å². The van der Waals surface area contributed by atoms with Gasteiger partial charge < -0.3 is 4.74 Å². The summed E-state index contributed by atoms with van der Waals surface area (Å²) in [6.45, 7) is 1.33. The Kier molecular flexibility index (Phi) is 4.90. The van der Waals surface area contributed by atoms with E-state index < -0.39 is 41.2 Å². The van der Waals surface area contributed by atoms with Gasteiger partial charge in [0.25, 0.3) is 0 Å². The Morgan fingerprint density at radius 3 is 2.38 bits per heavy atom. The maximum absolute atomic E-state index is 13.0. The van der Waals surface area contributed by atoms with E-state index in [0.29, 0.717) is 6.07 Å². The number of nitriles is 1. The van der Waals surface area contributed by atoms with Crippen molar-refractivity contribution in [3.63, 3.8) is 0 Å². The zero-order valence-corrected chi connectivity index (χ0v) is 13.5. The van der Waals surface area contributed by atoms with E-state index >= 15 is 0 Å². The minimum absolute atomic E-state index is 0.225. The van der Waals surface area contributed by atoms with Gasteiger partial charge in [-0.15, -0.1) is 0 Å². The van der Waals surface area contributed by atoms with E-state index in [4.69, 9.17) is 10.00 Å². The zero-order chi connectivity index (χ0) is 19.8. The summed E-state index contributed by atoms with van der Waals surface area (Å²) < 4.78 is 82.3. The number of ether oxygens (including phenoxy) is 1. The predicted molar refractivity (Wildman–Crippen MR) is 79.9 cm³/mol. The minimum Gasteiger partial charge on any atom is -0.482 e. The Labute approximate surface area is 144 Å². The number of nitrogens with zero attached hydrogens (tertiary/aromatic N) is 3. The average Bonchev–Trinajstić information content (AvgIpc) is 2.95. The van der Waals surface area contributed by atoms with Gasteiger partial charge in [-0.3, -0.25) is 5.43 Å². The van der Waals surface area contributed by atoms with Crippen molar-refractivity contribution in [2.45, 2.75) is 31.2 Å². The summed E-state index contributed by atoms with van der Waals surface area (Å²) in [5.74, 6) is -0.279. The molecule has 0 saturated heterocycles. The van der Waals surface area contributed by atoms with Crippen molar-refractivity contribution in [3.8, 4) is 6.07 Å². The molecule has 0 aromatic heterocycles. The van der Waals surface area contributed by atoms with Crippen LogP contribution < -0.4 is 5.43 Å². The molecule has 140 valence electrons. The molecular weight excluding hydrogens is 366 g/mol.